The zero-order valence-electron chi connectivity index (χ0n) is 15.6. The topological polar surface area (TPSA) is 62.5 Å². The number of carbonyl (C=O) groups excluding carboxylic acids is 1. The lowest BCUT2D eigenvalue weighted by atomic mass is 9.92. The van der Waals surface area contributed by atoms with Crippen molar-refractivity contribution >= 4 is 36.5 Å². The second-order valence-electron chi connectivity index (χ2n) is 7.32. The van der Waals surface area contributed by atoms with Gasteiger partial charge in [-0.05, 0) is 50.7 Å². The fraction of sp³-hybridized carbons (Fsp3) is 0.684. The Bertz CT molecular complexity index is 545. The number of aromatic nitrogens is 1. The number of piperidine rings is 1. The van der Waals surface area contributed by atoms with Gasteiger partial charge in [0.2, 0.25) is 0 Å². The Kier molecular flexibility index (Phi) is 9.69. The molecule has 26 heavy (non-hydrogen) atoms. The molecule has 1 aromatic rings. The van der Waals surface area contributed by atoms with Crippen molar-refractivity contribution < 1.29 is 4.79 Å². The standard InChI is InChI=1S/C19H30N4O.2ClH/c1-15(20)17-7-6-12-23(14-17)19(24)16-8-9-18(21-13-16)22-10-4-2-3-5-11-22;;/h8-9,13,15,17H,2-7,10-12,14,20H2,1H3;2*1H. The maximum absolute atomic E-state index is 12.7. The molecule has 148 valence electrons. The molecule has 0 aromatic carbocycles. The molecule has 2 atom stereocenters. The van der Waals surface area contributed by atoms with E-state index in [4.69, 9.17) is 5.73 Å². The second-order valence-corrected chi connectivity index (χ2v) is 7.32. The van der Waals surface area contributed by atoms with Gasteiger partial charge in [0.05, 0.1) is 5.56 Å². The summed E-state index contributed by atoms with van der Waals surface area (Å²) in [6.45, 7) is 5.78. The van der Waals surface area contributed by atoms with Crippen molar-refractivity contribution in [3.8, 4) is 0 Å². The first-order valence-corrected chi connectivity index (χ1v) is 9.41. The number of nitrogens with zero attached hydrogens (tertiary/aromatic N) is 3. The lowest BCUT2D eigenvalue weighted by molar-refractivity contribution is 0.0660. The van der Waals surface area contributed by atoms with Crippen LogP contribution in [0.4, 0.5) is 5.82 Å². The van der Waals surface area contributed by atoms with Crippen molar-refractivity contribution in [2.45, 2.75) is 51.5 Å². The first kappa shape index (κ1) is 23.0. The van der Waals surface area contributed by atoms with Crippen molar-refractivity contribution in [1.29, 1.82) is 0 Å². The SMILES string of the molecule is CC(N)C1CCCN(C(=O)c2ccc(N3CCCCCC3)nc2)C1.Cl.Cl. The predicted molar refractivity (Wildman–Crippen MR) is 112 cm³/mol. The van der Waals surface area contributed by atoms with Crippen molar-refractivity contribution in [1.82, 2.24) is 9.88 Å². The third kappa shape index (κ3) is 5.73. The fourth-order valence-corrected chi connectivity index (χ4v) is 3.81. The number of likely N-dealkylation sites (tertiary alicyclic amines) is 1. The summed E-state index contributed by atoms with van der Waals surface area (Å²) >= 11 is 0. The van der Waals surface area contributed by atoms with Gasteiger partial charge < -0.3 is 15.5 Å². The fourth-order valence-electron chi connectivity index (χ4n) is 3.81. The Balaban J connectivity index is 0.00000169. The Morgan fingerprint density at radius 1 is 1.12 bits per heavy atom. The molecule has 2 aliphatic rings. The number of anilines is 1. The minimum absolute atomic E-state index is 0. The van der Waals surface area contributed by atoms with Crippen LogP contribution in [0.25, 0.3) is 0 Å². The summed E-state index contributed by atoms with van der Waals surface area (Å²) < 4.78 is 0. The Morgan fingerprint density at radius 3 is 2.38 bits per heavy atom. The van der Waals surface area contributed by atoms with E-state index >= 15 is 0 Å². The lowest BCUT2D eigenvalue weighted by Gasteiger charge is -2.34. The molecule has 0 aliphatic carbocycles. The van der Waals surface area contributed by atoms with Crippen LogP contribution in [0.3, 0.4) is 0 Å². The van der Waals surface area contributed by atoms with Gasteiger partial charge in [-0.15, -0.1) is 24.8 Å². The van der Waals surface area contributed by atoms with Gasteiger partial charge in [0.25, 0.3) is 5.91 Å². The molecule has 5 nitrogen and oxygen atoms in total. The van der Waals surface area contributed by atoms with Gasteiger partial charge in [0.15, 0.2) is 0 Å². The lowest BCUT2D eigenvalue weighted by Crippen LogP contribution is -2.45. The molecular weight excluding hydrogens is 371 g/mol. The molecule has 7 heteroatoms. The molecule has 2 fully saturated rings. The van der Waals surface area contributed by atoms with E-state index in [0.29, 0.717) is 11.5 Å². The highest BCUT2D eigenvalue weighted by Gasteiger charge is 2.26. The van der Waals surface area contributed by atoms with Crippen LogP contribution >= 0.6 is 24.8 Å². The van der Waals surface area contributed by atoms with Crippen LogP contribution in [0.5, 0.6) is 0 Å². The summed E-state index contributed by atoms with van der Waals surface area (Å²) in [6.07, 6.45) is 8.98. The van der Waals surface area contributed by atoms with E-state index in [2.05, 4.69) is 9.88 Å². The minimum Gasteiger partial charge on any atom is -0.357 e. The molecule has 0 radical (unpaired) electrons. The van der Waals surface area contributed by atoms with E-state index in [9.17, 15) is 4.79 Å². The van der Waals surface area contributed by atoms with Crippen molar-refractivity contribution in [2.75, 3.05) is 31.1 Å². The number of pyridine rings is 1. The van der Waals surface area contributed by atoms with Crippen molar-refractivity contribution in [3.05, 3.63) is 23.9 Å². The van der Waals surface area contributed by atoms with Crippen LogP contribution in [0, 0.1) is 5.92 Å². The van der Waals surface area contributed by atoms with E-state index in [0.717, 1.165) is 44.8 Å². The van der Waals surface area contributed by atoms with Crippen LogP contribution in [-0.2, 0) is 0 Å². The maximum atomic E-state index is 12.7. The molecule has 2 N–H and O–H groups in total. The first-order valence-electron chi connectivity index (χ1n) is 9.41. The van der Waals surface area contributed by atoms with Gasteiger partial charge in [-0.1, -0.05) is 12.8 Å². The third-order valence-corrected chi connectivity index (χ3v) is 5.41. The molecule has 3 heterocycles. The molecule has 2 aliphatic heterocycles. The zero-order chi connectivity index (χ0) is 16.9. The molecule has 1 amide bonds. The van der Waals surface area contributed by atoms with Crippen LogP contribution in [0.15, 0.2) is 18.3 Å². The summed E-state index contributed by atoms with van der Waals surface area (Å²) in [4.78, 5) is 21.6. The average Bonchev–Trinajstić information content (AvgIpc) is 2.91. The van der Waals surface area contributed by atoms with Gasteiger partial charge in [-0.2, -0.15) is 0 Å². The highest BCUT2D eigenvalue weighted by atomic mass is 35.5. The Hall–Kier alpha value is -1.04. The largest absolute Gasteiger partial charge is 0.357 e. The molecule has 0 saturated carbocycles. The van der Waals surface area contributed by atoms with E-state index in [-0.39, 0.29) is 36.8 Å². The van der Waals surface area contributed by atoms with Crippen LogP contribution in [0.2, 0.25) is 0 Å². The molecule has 3 rings (SSSR count). The van der Waals surface area contributed by atoms with E-state index in [1.54, 1.807) is 6.20 Å². The Morgan fingerprint density at radius 2 is 1.81 bits per heavy atom. The molecule has 0 bridgehead atoms. The maximum Gasteiger partial charge on any atom is 0.255 e. The van der Waals surface area contributed by atoms with Crippen LogP contribution in [-0.4, -0.2) is 48.0 Å². The van der Waals surface area contributed by atoms with Gasteiger partial charge in [0.1, 0.15) is 5.82 Å². The molecule has 2 unspecified atom stereocenters. The zero-order valence-corrected chi connectivity index (χ0v) is 17.2. The first-order chi connectivity index (χ1) is 11.6. The molecule has 1 aromatic heterocycles. The van der Waals surface area contributed by atoms with Gasteiger partial charge in [0, 0.05) is 38.4 Å². The van der Waals surface area contributed by atoms with Crippen LogP contribution < -0.4 is 10.6 Å². The highest BCUT2D eigenvalue weighted by molar-refractivity contribution is 5.94. The summed E-state index contributed by atoms with van der Waals surface area (Å²) in [6, 6.07) is 4.08. The monoisotopic (exact) mass is 402 g/mol. The summed E-state index contributed by atoms with van der Waals surface area (Å²) in [5.41, 5.74) is 6.72. The van der Waals surface area contributed by atoms with E-state index < -0.39 is 0 Å². The minimum atomic E-state index is 0. The average molecular weight is 403 g/mol. The second kappa shape index (κ2) is 11.0. The quantitative estimate of drug-likeness (QED) is 0.839. The summed E-state index contributed by atoms with van der Waals surface area (Å²) in [7, 11) is 0. The third-order valence-electron chi connectivity index (χ3n) is 5.41. The number of rotatable bonds is 3. The van der Waals surface area contributed by atoms with Crippen LogP contribution in [0.1, 0.15) is 55.8 Å². The van der Waals surface area contributed by atoms with Crippen molar-refractivity contribution in [3.63, 3.8) is 0 Å². The highest BCUT2D eigenvalue weighted by Crippen LogP contribution is 2.22. The van der Waals surface area contributed by atoms with Gasteiger partial charge >= 0.3 is 0 Å². The smallest absolute Gasteiger partial charge is 0.255 e. The number of halogens is 2. The number of nitrogens with two attached hydrogens (primary N) is 1. The predicted octanol–water partition coefficient (Wildman–Crippen LogP) is 3.51. The number of amides is 1. The normalized spacial score (nSPS) is 21.8. The summed E-state index contributed by atoms with van der Waals surface area (Å²) in [5.74, 6) is 1.50. The van der Waals surface area contributed by atoms with E-state index in [1.165, 1.54) is 25.7 Å². The van der Waals surface area contributed by atoms with Gasteiger partial charge in [-0.3, -0.25) is 4.79 Å². The number of carbonyl (C=O) groups is 1. The summed E-state index contributed by atoms with van der Waals surface area (Å²) in [5, 5.41) is 0. The van der Waals surface area contributed by atoms with Gasteiger partial charge in [-0.25, -0.2) is 4.98 Å². The molecule has 2 saturated heterocycles. The number of hydrogen-bond donors (Lipinski definition) is 1. The molecular formula is C19H32Cl2N4O. The van der Waals surface area contributed by atoms with Crippen molar-refractivity contribution in [2.24, 2.45) is 11.7 Å². The number of hydrogen-bond acceptors (Lipinski definition) is 4. The Labute approximate surface area is 169 Å². The van der Waals surface area contributed by atoms with E-state index in [1.807, 2.05) is 24.0 Å². The molecule has 0 spiro atoms.